The fourth-order valence-corrected chi connectivity index (χ4v) is 3.30. The summed E-state index contributed by atoms with van der Waals surface area (Å²) in [5.74, 6) is 0.954. The quantitative estimate of drug-likeness (QED) is 0.771. The highest BCUT2D eigenvalue weighted by Gasteiger charge is 2.22. The second-order valence-electron chi connectivity index (χ2n) is 5.30. The molecule has 0 amide bonds. The summed E-state index contributed by atoms with van der Waals surface area (Å²) < 4.78 is 23.5. The van der Waals surface area contributed by atoms with Crippen molar-refractivity contribution in [2.45, 2.75) is 38.4 Å². The molecule has 1 aliphatic heterocycles. The van der Waals surface area contributed by atoms with Gasteiger partial charge in [0.25, 0.3) is 0 Å². The van der Waals surface area contributed by atoms with Gasteiger partial charge >= 0.3 is 0 Å². The van der Waals surface area contributed by atoms with Gasteiger partial charge in [0.15, 0.2) is 9.84 Å². The molecule has 1 aliphatic rings. The van der Waals surface area contributed by atoms with Crippen LogP contribution in [0.5, 0.6) is 0 Å². The molecule has 0 radical (unpaired) electrons. The summed E-state index contributed by atoms with van der Waals surface area (Å²) in [6.45, 7) is 6.98. The number of nitrogens with two attached hydrogens (primary N) is 1. The molecular formula is C12H26N2O2S. The zero-order valence-corrected chi connectivity index (χ0v) is 11.9. The molecule has 102 valence electrons. The van der Waals surface area contributed by atoms with Gasteiger partial charge in [-0.1, -0.05) is 0 Å². The van der Waals surface area contributed by atoms with Gasteiger partial charge in [-0.05, 0) is 52.1 Å². The van der Waals surface area contributed by atoms with Gasteiger partial charge in [0.1, 0.15) is 0 Å². The summed E-state index contributed by atoms with van der Waals surface area (Å²) in [7, 11) is -2.89. The van der Waals surface area contributed by atoms with E-state index in [4.69, 9.17) is 5.73 Å². The zero-order valence-electron chi connectivity index (χ0n) is 11.1. The largest absolute Gasteiger partial charge is 0.330 e. The Bertz CT molecular complexity index is 312. The van der Waals surface area contributed by atoms with E-state index in [1.165, 1.54) is 12.8 Å². The second kappa shape index (κ2) is 6.71. The number of piperidine rings is 1. The molecule has 2 N–H and O–H groups in total. The lowest BCUT2D eigenvalue weighted by Gasteiger charge is -2.32. The molecule has 0 saturated carbocycles. The van der Waals surface area contributed by atoms with Crippen molar-refractivity contribution in [3.8, 4) is 0 Å². The molecule has 4 nitrogen and oxygen atoms in total. The fourth-order valence-electron chi connectivity index (χ4n) is 2.32. The maximum absolute atomic E-state index is 11.7. The fraction of sp³-hybridized carbons (Fsp3) is 1.00. The molecule has 0 aromatic heterocycles. The molecule has 0 spiro atoms. The first-order chi connectivity index (χ1) is 7.95. The van der Waals surface area contributed by atoms with Gasteiger partial charge in [-0.2, -0.15) is 0 Å². The minimum absolute atomic E-state index is 0.257. The van der Waals surface area contributed by atoms with Gasteiger partial charge in [-0.15, -0.1) is 0 Å². The molecule has 17 heavy (non-hydrogen) atoms. The number of hydrogen-bond acceptors (Lipinski definition) is 4. The molecule has 0 aliphatic carbocycles. The van der Waals surface area contributed by atoms with Crippen molar-refractivity contribution in [3.05, 3.63) is 0 Å². The molecule has 1 rings (SSSR count). The molecule has 5 heteroatoms. The normalized spacial score (nSPS) is 23.2. The third-order valence-corrected chi connectivity index (χ3v) is 5.78. The number of hydrogen-bond donors (Lipinski definition) is 1. The van der Waals surface area contributed by atoms with Crippen LogP contribution in [0.4, 0.5) is 0 Å². The second-order valence-corrected chi connectivity index (χ2v) is 7.98. The molecule has 1 atom stereocenters. The zero-order chi connectivity index (χ0) is 12.9. The average Bonchev–Trinajstić information content (AvgIpc) is 2.27. The summed E-state index contributed by atoms with van der Waals surface area (Å²) >= 11 is 0. The highest BCUT2D eigenvalue weighted by atomic mass is 32.2. The molecule has 0 bridgehead atoms. The first kappa shape index (κ1) is 14.9. The van der Waals surface area contributed by atoms with E-state index in [0.29, 0.717) is 18.2 Å². The van der Waals surface area contributed by atoms with Gasteiger partial charge in [-0.3, -0.25) is 0 Å². The predicted molar refractivity (Wildman–Crippen MR) is 71.8 cm³/mol. The molecular weight excluding hydrogens is 236 g/mol. The van der Waals surface area contributed by atoms with Crippen molar-refractivity contribution in [2.75, 3.05) is 31.9 Å². The van der Waals surface area contributed by atoms with Crippen molar-refractivity contribution in [3.63, 3.8) is 0 Å². The van der Waals surface area contributed by atoms with Crippen molar-refractivity contribution < 1.29 is 8.42 Å². The number of nitrogens with zero attached hydrogens (tertiary/aromatic N) is 1. The maximum atomic E-state index is 11.7. The summed E-state index contributed by atoms with van der Waals surface area (Å²) in [6.07, 6.45) is 3.48. The van der Waals surface area contributed by atoms with E-state index in [9.17, 15) is 8.42 Å². The van der Waals surface area contributed by atoms with E-state index < -0.39 is 9.84 Å². The van der Waals surface area contributed by atoms with Crippen LogP contribution in [0.1, 0.15) is 33.1 Å². The summed E-state index contributed by atoms with van der Waals surface area (Å²) in [5, 5.41) is -0.257. The standard InChI is InChI=1S/C12H26N2O2S/c1-11(2)17(15,16)9-8-14-7-3-4-12(10-14)5-6-13/h11-12H,3-10,13H2,1-2H3. The number of sulfone groups is 1. The van der Waals surface area contributed by atoms with Crippen molar-refractivity contribution >= 4 is 9.84 Å². The minimum Gasteiger partial charge on any atom is -0.330 e. The first-order valence-electron chi connectivity index (χ1n) is 6.59. The predicted octanol–water partition coefficient (Wildman–Crippen LogP) is 0.870. The molecule has 0 aromatic rings. The number of rotatable bonds is 6. The smallest absolute Gasteiger partial charge is 0.153 e. The van der Waals surface area contributed by atoms with Crippen LogP contribution < -0.4 is 5.73 Å². The minimum atomic E-state index is -2.89. The summed E-state index contributed by atoms with van der Waals surface area (Å²) in [5.41, 5.74) is 5.57. The van der Waals surface area contributed by atoms with Crippen LogP contribution in [0.2, 0.25) is 0 Å². The van der Waals surface area contributed by atoms with E-state index in [0.717, 1.165) is 26.1 Å². The maximum Gasteiger partial charge on any atom is 0.153 e. The van der Waals surface area contributed by atoms with Crippen LogP contribution in [0.25, 0.3) is 0 Å². The third kappa shape index (κ3) is 4.94. The SMILES string of the molecule is CC(C)S(=O)(=O)CCN1CCCC(CCN)C1. The van der Waals surface area contributed by atoms with Gasteiger partial charge in [0, 0.05) is 13.1 Å². The van der Waals surface area contributed by atoms with Crippen LogP contribution >= 0.6 is 0 Å². The Morgan fingerprint density at radius 2 is 2.12 bits per heavy atom. The van der Waals surface area contributed by atoms with E-state index in [1.54, 1.807) is 13.8 Å². The lowest BCUT2D eigenvalue weighted by atomic mass is 9.95. The van der Waals surface area contributed by atoms with Crippen LogP contribution in [-0.4, -0.2) is 50.5 Å². The van der Waals surface area contributed by atoms with E-state index >= 15 is 0 Å². The van der Waals surface area contributed by atoms with Crippen LogP contribution in [0, 0.1) is 5.92 Å². The van der Waals surface area contributed by atoms with E-state index in [-0.39, 0.29) is 5.25 Å². The molecule has 1 heterocycles. The lowest BCUT2D eigenvalue weighted by molar-refractivity contribution is 0.178. The Balaban J connectivity index is 2.37. The first-order valence-corrected chi connectivity index (χ1v) is 8.31. The average molecular weight is 262 g/mol. The Labute approximate surface area is 105 Å². The van der Waals surface area contributed by atoms with Crippen LogP contribution in [0.15, 0.2) is 0 Å². The Hall–Kier alpha value is -0.130. The summed E-state index contributed by atoms with van der Waals surface area (Å²) in [4.78, 5) is 2.28. The van der Waals surface area contributed by atoms with Gasteiger partial charge in [0.2, 0.25) is 0 Å². The summed E-state index contributed by atoms with van der Waals surface area (Å²) in [6, 6.07) is 0. The number of likely N-dealkylation sites (tertiary alicyclic amines) is 1. The van der Waals surface area contributed by atoms with Crippen molar-refractivity contribution in [1.29, 1.82) is 0 Å². The Kier molecular flexibility index (Phi) is 5.89. The van der Waals surface area contributed by atoms with Crippen LogP contribution in [-0.2, 0) is 9.84 Å². The molecule has 0 aromatic carbocycles. The Morgan fingerprint density at radius 1 is 1.41 bits per heavy atom. The van der Waals surface area contributed by atoms with Gasteiger partial charge in [-0.25, -0.2) is 8.42 Å². The Morgan fingerprint density at radius 3 is 2.71 bits per heavy atom. The van der Waals surface area contributed by atoms with Gasteiger partial charge in [0.05, 0.1) is 11.0 Å². The molecule has 1 saturated heterocycles. The van der Waals surface area contributed by atoms with Crippen molar-refractivity contribution in [1.82, 2.24) is 4.90 Å². The lowest BCUT2D eigenvalue weighted by Crippen LogP contribution is -2.39. The molecule has 1 unspecified atom stereocenters. The third-order valence-electron chi connectivity index (χ3n) is 3.59. The topological polar surface area (TPSA) is 63.4 Å². The van der Waals surface area contributed by atoms with E-state index in [2.05, 4.69) is 4.90 Å². The highest BCUT2D eigenvalue weighted by molar-refractivity contribution is 7.92. The van der Waals surface area contributed by atoms with Crippen LogP contribution in [0.3, 0.4) is 0 Å². The van der Waals surface area contributed by atoms with E-state index in [1.807, 2.05) is 0 Å². The van der Waals surface area contributed by atoms with Crippen molar-refractivity contribution in [2.24, 2.45) is 11.7 Å². The molecule has 1 fully saturated rings. The highest BCUT2D eigenvalue weighted by Crippen LogP contribution is 2.19. The monoisotopic (exact) mass is 262 g/mol. The van der Waals surface area contributed by atoms with Gasteiger partial charge < -0.3 is 10.6 Å².